The fourth-order valence-corrected chi connectivity index (χ4v) is 3.25. The van der Waals surface area contributed by atoms with Crippen LogP contribution in [0.15, 0.2) is 60.8 Å². The number of carbonyl (C=O) groups excluding carboxylic acids is 1. The molecule has 1 fully saturated rings. The maximum atomic E-state index is 12.6. The Labute approximate surface area is 152 Å². The molecule has 0 radical (unpaired) electrons. The Morgan fingerprint density at radius 1 is 1.00 bits per heavy atom. The first-order chi connectivity index (χ1) is 12.8. The Kier molecular flexibility index (Phi) is 4.64. The van der Waals surface area contributed by atoms with Gasteiger partial charge < -0.3 is 10.2 Å². The number of amides is 1. The third-order valence-corrected chi connectivity index (χ3v) is 4.56. The fraction of sp³-hybridized carbons (Fsp3) is 0.250. The summed E-state index contributed by atoms with van der Waals surface area (Å²) < 4.78 is 1.68. The average Bonchev–Trinajstić information content (AvgIpc) is 3.35. The van der Waals surface area contributed by atoms with Crippen LogP contribution in [0.25, 0.3) is 0 Å². The van der Waals surface area contributed by atoms with Crippen molar-refractivity contribution in [3.63, 3.8) is 0 Å². The van der Waals surface area contributed by atoms with Gasteiger partial charge in [-0.3, -0.25) is 4.79 Å². The van der Waals surface area contributed by atoms with E-state index in [1.54, 1.807) is 10.9 Å². The number of rotatable bonds is 5. The summed E-state index contributed by atoms with van der Waals surface area (Å²) >= 11 is 0. The van der Waals surface area contributed by atoms with E-state index in [2.05, 4.69) is 20.5 Å². The van der Waals surface area contributed by atoms with Gasteiger partial charge in [-0.05, 0) is 30.5 Å². The predicted molar refractivity (Wildman–Crippen MR) is 101 cm³/mol. The number of hydrogen-bond donors (Lipinski definition) is 1. The molecule has 0 aliphatic carbocycles. The van der Waals surface area contributed by atoms with Crippen LogP contribution in [-0.4, -0.2) is 34.0 Å². The molecule has 6 nitrogen and oxygen atoms in total. The Bertz CT molecular complexity index is 884. The van der Waals surface area contributed by atoms with Gasteiger partial charge in [0.1, 0.15) is 0 Å². The van der Waals surface area contributed by atoms with E-state index in [-0.39, 0.29) is 5.91 Å². The highest BCUT2D eigenvalue weighted by Crippen LogP contribution is 2.28. The van der Waals surface area contributed by atoms with Crippen molar-refractivity contribution >= 4 is 17.3 Å². The highest BCUT2D eigenvalue weighted by molar-refractivity contribution is 6.04. The second kappa shape index (κ2) is 7.39. The van der Waals surface area contributed by atoms with Crippen LogP contribution >= 0.6 is 0 Å². The molecule has 0 atom stereocenters. The second-order valence-corrected chi connectivity index (χ2v) is 6.45. The van der Waals surface area contributed by atoms with Crippen molar-refractivity contribution in [1.82, 2.24) is 15.0 Å². The molecule has 1 aromatic heterocycles. The minimum atomic E-state index is -0.240. The van der Waals surface area contributed by atoms with Gasteiger partial charge in [0.2, 0.25) is 0 Å². The van der Waals surface area contributed by atoms with Crippen LogP contribution in [0.5, 0.6) is 0 Å². The molecule has 2 aromatic carbocycles. The van der Waals surface area contributed by atoms with Gasteiger partial charge >= 0.3 is 0 Å². The fourth-order valence-electron chi connectivity index (χ4n) is 3.25. The van der Waals surface area contributed by atoms with Gasteiger partial charge in [-0.25, -0.2) is 4.68 Å². The summed E-state index contributed by atoms with van der Waals surface area (Å²) in [4.78, 5) is 14.9. The summed E-state index contributed by atoms with van der Waals surface area (Å²) in [6.45, 7) is 2.64. The topological polar surface area (TPSA) is 63.1 Å². The van der Waals surface area contributed by atoms with E-state index in [0.717, 1.165) is 30.0 Å². The number of benzene rings is 2. The molecule has 26 heavy (non-hydrogen) atoms. The van der Waals surface area contributed by atoms with Crippen molar-refractivity contribution in [3.05, 3.63) is 72.1 Å². The summed E-state index contributed by atoms with van der Waals surface area (Å²) in [5, 5.41) is 11.1. The molecule has 4 rings (SSSR count). The lowest BCUT2D eigenvalue weighted by atomic mass is 10.2. The number of aromatic nitrogens is 3. The summed E-state index contributed by atoms with van der Waals surface area (Å²) in [6.07, 6.45) is 4.06. The molecular formula is C20H21N5O. The molecule has 1 saturated heterocycles. The number of hydrogen-bond acceptors (Lipinski definition) is 4. The first kappa shape index (κ1) is 16.3. The van der Waals surface area contributed by atoms with Crippen molar-refractivity contribution in [2.45, 2.75) is 19.4 Å². The number of nitrogens with one attached hydrogen (secondary N) is 1. The zero-order valence-electron chi connectivity index (χ0n) is 14.5. The molecular weight excluding hydrogens is 326 g/mol. The number of carbonyl (C=O) groups is 1. The van der Waals surface area contributed by atoms with Crippen molar-refractivity contribution in [2.75, 3.05) is 23.3 Å². The molecule has 1 amide bonds. The Balaban J connectivity index is 1.47. The first-order valence-electron chi connectivity index (χ1n) is 8.89. The first-order valence-corrected chi connectivity index (χ1v) is 8.89. The van der Waals surface area contributed by atoms with Crippen molar-refractivity contribution < 1.29 is 4.79 Å². The maximum Gasteiger partial charge on any atom is 0.277 e. The summed E-state index contributed by atoms with van der Waals surface area (Å²) in [5.41, 5.74) is 3.31. The highest BCUT2D eigenvalue weighted by atomic mass is 16.2. The van der Waals surface area contributed by atoms with Crippen LogP contribution in [0.4, 0.5) is 11.4 Å². The van der Waals surface area contributed by atoms with Crippen LogP contribution in [0.3, 0.4) is 0 Å². The standard InChI is InChI=1S/C20H21N5O/c26-20(18-15-25(23-22-18)14-16-8-2-1-3-9-16)21-17-10-4-5-11-19(17)24-12-6-7-13-24/h1-5,8-11,15H,6-7,12-14H2,(H,21,26). The van der Waals surface area contributed by atoms with Crippen LogP contribution < -0.4 is 10.2 Å². The quantitative estimate of drug-likeness (QED) is 0.770. The van der Waals surface area contributed by atoms with Crippen LogP contribution in [0, 0.1) is 0 Å². The lowest BCUT2D eigenvalue weighted by Gasteiger charge is -2.21. The highest BCUT2D eigenvalue weighted by Gasteiger charge is 2.18. The molecule has 0 spiro atoms. The summed E-state index contributed by atoms with van der Waals surface area (Å²) in [6, 6.07) is 17.9. The smallest absolute Gasteiger partial charge is 0.277 e. The van der Waals surface area contributed by atoms with Crippen molar-refractivity contribution in [2.24, 2.45) is 0 Å². The summed E-state index contributed by atoms with van der Waals surface area (Å²) in [5.74, 6) is -0.240. The van der Waals surface area contributed by atoms with Gasteiger partial charge in [-0.1, -0.05) is 47.7 Å². The molecule has 6 heteroatoms. The second-order valence-electron chi connectivity index (χ2n) is 6.45. The maximum absolute atomic E-state index is 12.6. The van der Waals surface area contributed by atoms with E-state index < -0.39 is 0 Å². The molecule has 0 bridgehead atoms. The SMILES string of the molecule is O=C(Nc1ccccc1N1CCCC1)c1cn(Cc2ccccc2)nn1. The van der Waals surface area contributed by atoms with Gasteiger partial charge in [0.05, 0.1) is 24.1 Å². The van der Waals surface area contributed by atoms with Gasteiger partial charge in [-0.15, -0.1) is 5.10 Å². The predicted octanol–water partition coefficient (Wildman–Crippen LogP) is 3.18. The van der Waals surface area contributed by atoms with Crippen LogP contribution in [-0.2, 0) is 6.54 Å². The lowest BCUT2D eigenvalue weighted by Crippen LogP contribution is -2.21. The van der Waals surface area contributed by atoms with Crippen molar-refractivity contribution in [1.29, 1.82) is 0 Å². The number of nitrogens with zero attached hydrogens (tertiary/aromatic N) is 4. The van der Waals surface area contributed by atoms with Crippen molar-refractivity contribution in [3.8, 4) is 0 Å². The molecule has 2 heterocycles. The number of para-hydroxylation sites is 2. The van der Waals surface area contributed by atoms with Gasteiger partial charge in [0.25, 0.3) is 5.91 Å². The molecule has 1 aliphatic heterocycles. The van der Waals surface area contributed by atoms with E-state index >= 15 is 0 Å². The molecule has 1 N–H and O–H groups in total. The average molecular weight is 347 g/mol. The third-order valence-electron chi connectivity index (χ3n) is 4.56. The third kappa shape index (κ3) is 3.59. The van der Waals surface area contributed by atoms with Gasteiger partial charge in [0.15, 0.2) is 5.69 Å². The Morgan fingerprint density at radius 3 is 2.54 bits per heavy atom. The molecule has 0 saturated carbocycles. The largest absolute Gasteiger partial charge is 0.370 e. The lowest BCUT2D eigenvalue weighted by molar-refractivity contribution is 0.102. The van der Waals surface area contributed by atoms with E-state index in [9.17, 15) is 4.79 Å². The van der Waals surface area contributed by atoms with E-state index in [4.69, 9.17) is 0 Å². The van der Waals surface area contributed by atoms with Crippen LogP contribution in [0.2, 0.25) is 0 Å². The molecule has 3 aromatic rings. The van der Waals surface area contributed by atoms with E-state index in [1.807, 2.05) is 54.6 Å². The number of anilines is 2. The minimum absolute atomic E-state index is 0.240. The van der Waals surface area contributed by atoms with E-state index in [0.29, 0.717) is 12.2 Å². The summed E-state index contributed by atoms with van der Waals surface area (Å²) in [7, 11) is 0. The van der Waals surface area contributed by atoms with Crippen LogP contribution in [0.1, 0.15) is 28.9 Å². The zero-order valence-corrected chi connectivity index (χ0v) is 14.5. The van der Waals surface area contributed by atoms with Gasteiger partial charge in [0, 0.05) is 13.1 Å². The Morgan fingerprint density at radius 2 is 1.73 bits per heavy atom. The Hall–Kier alpha value is -3.15. The normalized spacial score (nSPS) is 13.8. The molecule has 1 aliphatic rings. The van der Waals surface area contributed by atoms with Gasteiger partial charge in [-0.2, -0.15) is 0 Å². The zero-order chi connectivity index (χ0) is 17.8. The minimum Gasteiger partial charge on any atom is -0.370 e. The van der Waals surface area contributed by atoms with E-state index in [1.165, 1.54) is 12.8 Å². The monoisotopic (exact) mass is 347 g/mol. The molecule has 0 unspecified atom stereocenters. The molecule has 132 valence electrons.